The summed E-state index contributed by atoms with van der Waals surface area (Å²) in [6, 6.07) is 4.46. The van der Waals surface area contributed by atoms with E-state index in [9.17, 15) is 9.18 Å². The number of ether oxygens (including phenoxy) is 1. The van der Waals surface area contributed by atoms with Gasteiger partial charge < -0.3 is 16.2 Å². The minimum Gasteiger partial charge on any atom is -0.494 e. The normalized spacial score (nSPS) is 12.2. The molecule has 0 aliphatic rings. The van der Waals surface area contributed by atoms with Gasteiger partial charge in [-0.25, -0.2) is 4.39 Å². The van der Waals surface area contributed by atoms with Crippen LogP contribution in [-0.4, -0.2) is 13.0 Å². The Balaban J connectivity index is 2.48. The van der Waals surface area contributed by atoms with Gasteiger partial charge in [-0.15, -0.1) is 0 Å². The lowest BCUT2D eigenvalue weighted by atomic mass is 10.0. The van der Waals surface area contributed by atoms with E-state index in [1.807, 2.05) is 0 Å². The first-order chi connectivity index (χ1) is 8.54. The van der Waals surface area contributed by atoms with Gasteiger partial charge in [0.25, 0.3) is 0 Å². The molecule has 0 aliphatic carbocycles. The summed E-state index contributed by atoms with van der Waals surface area (Å²) in [5.41, 5.74) is 11.7. The molecular formula is C13H19FN2O2. The van der Waals surface area contributed by atoms with Crippen molar-refractivity contribution >= 4 is 5.91 Å². The number of carbonyl (C=O) groups excluding carboxylic acids is 1. The van der Waals surface area contributed by atoms with Crippen LogP contribution in [-0.2, 0) is 4.79 Å². The predicted molar refractivity (Wildman–Crippen MR) is 67.5 cm³/mol. The largest absolute Gasteiger partial charge is 0.494 e. The monoisotopic (exact) mass is 254 g/mol. The van der Waals surface area contributed by atoms with E-state index in [0.29, 0.717) is 19.3 Å². The lowest BCUT2D eigenvalue weighted by Crippen LogP contribution is -2.12. The average molecular weight is 254 g/mol. The van der Waals surface area contributed by atoms with Gasteiger partial charge in [-0.05, 0) is 30.5 Å². The average Bonchev–Trinajstić information content (AvgIpc) is 2.34. The molecule has 1 aromatic rings. The Morgan fingerprint density at radius 2 is 2.17 bits per heavy atom. The number of rotatable bonds is 7. The van der Waals surface area contributed by atoms with Crippen molar-refractivity contribution in [1.82, 2.24) is 0 Å². The van der Waals surface area contributed by atoms with Gasteiger partial charge in [0.2, 0.25) is 5.91 Å². The Kier molecular flexibility index (Phi) is 5.58. The van der Waals surface area contributed by atoms with Gasteiger partial charge in [-0.3, -0.25) is 4.79 Å². The fourth-order valence-corrected chi connectivity index (χ4v) is 1.74. The van der Waals surface area contributed by atoms with Gasteiger partial charge >= 0.3 is 0 Å². The number of amides is 1. The number of benzene rings is 1. The molecule has 0 saturated carbocycles. The van der Waals surface area contributed by atoms with Crippen LogP contribution in [0.3, 0.4) is 0 Å². The SMILES string of the molecule is COc1ccc(C(N)CCCCC(N)=O)cc1F. The predicted octanol–water partition coefficient (Wildman–Crippen LogP) is 1.88. The third kappa shape index (κ3) is 4.33. The Morgan fingerprint density at radius 1 is 1.44 bits per heavy atom. The van der Waals surface area contributed by atoms with Crippen LogP contribution in [0.2, 0.25) is 0 Å². The van der Waals surface area contributed by atoms with Crippen LogP contribution in [0.15, 0.2) is 18.2 Å². The van der Waals surface area contributed by atoms with Gasteiger partial charge in [0.15, 0.2) is 11.6 Å². The van der Waals surface area contributed by atoms with Crippen LogP contribution in [0.4, 0.5) is 4.39 Å². The third-order valence-corrected chi connectivity index (χ3v) is 2.79. The van der Waals surface area contributed by atoms with Crippen LogP contribution in [0.1, 0.15) is 37.3 Å². The van der Waals surface area contributed by atoms with Crippen LogP contribution >= 0.6 is 0 Å². The van der Waals surface area contributed by atoms with Gasteiger partial charge in [0.1, 0.15) is 0 Å². The summed E-state index contributed by atoms with van der Waals surface area (Å²) in [5, 5.41) is 0. The Labute approximate surface area is 106 Å². The number of carbonyl (C=O) groups is 1. The molecule has 0 fully saturated rings. The third-order valence-electron chi connectivity index (χ3n) is 2.79. The summed E-state index contributed by atoms with van der Waals surface area (Å²) in [6.07, 6.45) is 2.56. The van der Waals surface area contributed by atoms with Gasteiger partial charge in [-0.1, -0.05) is 12.5 Å². The molecule has 4 N–H and O–H groups in total. The summed E-state index contributed by atoms with van der Waals surface area (Å²) >= 11 is 0. The molecule has 0 heterocycles. The van der Waals surface area contributed by atoms with Crippen molar-refractivity contribution in [2.24, 2.45) is 11.5 Å². The van der Waals surface area contributed by atoms with Crippen molar-refractivity contribution in [2.75, 3.05) is 7.11 Å². The van der Waals surface area contributed by atoms with Crippen LogP contribution in [0.5, 0.6) is 5.75 Å². The zero-order valence-electron chi connectivity index (χ0n) is 10.5. The summed E-state index contributed by atoms with van der Waals surface area (Å²) in [5.74, 6) is -0.513. The number of methoxy groups -OCH3 is 1. The summed E-state index contributed by atoms with van der Waals surface area (Å²) < 4.78 is 18.3. The van der Waals surface area contributed by atoms with Crippen molar-refractivity contribution in [3.63, 3.8) is 0 Å². The molecule has 0 aromatic heterocycles. The second-order valence-corrected chi connectivity index (χ2v) is 4.21. The topological polar surface area (TPSA) is 78.3 Å². The number of nitrogens with two attached hydrogens (primary N) is 2. The first kappa shape index (κ1) is 14.4. The van der Waals surface area contributed by atoms with Crippen molar-refractivity contribution < 1.29 is 13.9 Å². The van der Waals surface area contributed by atoms with E-state index in [2.05, 4.69) is 0 Å². The Hall–Kier alpha value is -1.62. The minimum atomic E-state index is -0.414. The molecule has 0 radical (unpaired) electrons. The standard InChI is InChI=1S/C13H19FN2O2/c1-18-12-7-6-9(8-10(12)14)11(15)4-2-3-5-13(16)17/h6-8,11H,2-5,15H2,1H3,(H2,16,17). The smallest absolute Gasteiger partial charge is 0.217 e. The number of primary amides is 1. The second-order valence-electron chi connectivity index (χ2n) is 4.21. The summed E-state index contributed by atoms with van der Waals surface area (Å²) in [7, 11) is 1.42. The van der Waals surface area contributed by atoms with Crippen LogP contribution in [0.25, 0.3) is 0 Å². The highest BCUT2D eigenvalue weighted by molar-refractivity contribution is 5.73. The number of halogens is 1. The molecule has 1 rings (SSSR count). The highest BCUT2D eigenvalue weighted by Crippen LogP contribution is 2.23. The number of hydrogen-bond acceptors (Lipinski definition) is 3. The lowest BCUT2D eigenvalue weighted by molar-refractivity contribution is -0.118. The quantitative estimate of drug-likeness (QED) is 0.729. The number of unbranched alkanes of at least 4 members (excludes halogenated alkanes) is 1. The first-order valence-electron chi connectivity index (χ1n) is 5.92. The van der Waals surface area contributed by atoms with Crippen LogP contribution < -0.4 is 16.2 Å². The molecule has 0 aliphatic heterocycles. The fraction of sp³-hybridized carbons (Fsp3) is 0.462. The van der Waals surface area contributed by atoms with E-state index in [0.717, 1.165) is 12.0 Å². The van der Waals surface area contributed by atoms with Crippen LogP contribution in [0, 0.1) is 5.82 Å². The maximum atomic E-state index is 13.5. The van der Waals surface area contributed by atoms with Crippen molar-refractivity contribution in [3.05, 3.63) is 29.6 Å². The molecular weight excluding hydrogens is 235 g/mol. The van der Waals surface area contributed by atoms with Crippen molar-refractivity contribution in [3.8, 4) is 5.75 Å². The second kappa shape index (κ2) is 6.96. The summed E-state index contributed by atoms with van der Waals surface area (Å²) in [6.45, 7) is 0. The summed E-state index contributed by atoms with van der Waals surface area (Å²) in [4.78, 5) is 10.6. The van der Waals surface area contributed by atoms with E-state index >= 15 is 0 Å². The molecule has 0 bridgehead atoms. The minimum absolute atomic E-state index is 0.208. The molecule has 1 atom stereocenters. The molecule has 4 nitrogen and oxygen atoms in total. The Bertz CT molecular complexity index is 410. The molecule has 1 unspecified atom stereocenters. The zero-order valence-corrected chi connectivity index (χ0v) is 10.5. The van der Waals surface area contributed by atoms with Gasteiger partial charge in [0.05, 0.1) is 7.11 Å². The van der Waals surface area contributed by atoms with Gasteiger partial charge in [-0.2, -0.15) is 0 Å². The van der Waals surface area contributed by atoms with E-state index in [4.69, 9.17) is 16.2 Å². The molecule has 100 valence electrons. The van der Waals surface area contributed by atoms with Crippen molar-refractivity contribution in [1.29, 1.82) is 0 Å². The van der Waals surface area contributed by atoms with E-state index in [1.165, 1.54) is 13.2 Å². The fourth-order valence-electron chi connectivity index (χ4n) is 1.74. The molecule has 18 heavy (non-hydrogen) atoms. The maximum absolute atomic E-state index is 13.5. The highest BCUT2D eigenvalue weighted by atomic mass is 19.1. The molecule has 1 amide bonds. The van der Waals surface area contributed by atoms with Crippen molar-refractivity contribution in [2.45, 2.75) is 31.7 Å². The lowest BCUT2D eigenvalue weighted by Gasteiger charge is -2.12. The molecule has 5 heteroatoms. The first-order valence-corrected chi connectivity index (χ1v) is 5.92. The Morgan fingerprint density at radius 3 is 2.72 bits per heavy atom. The molecule has 0 spiro atoms. The van der Waals surface area contributed by atoms with E-state index in [1.54, 1.807) is 12.1 Å². The molecule has 1 aromatic carbocycles. The molecule has 0 saturated heterocycles. The maximum Gasteiger partial charge on any atom is 0.217 e. The van der Waals surface area contributed by atoms with Gasteiger partial charge in [0, 0.05) is 12.5 Å². The van der Waals surface area contributed by atoms with E-state index in [-0.39, 0.29) is 17.7 Å². The number of hydrogen-bond donors (Lipinski definition) is 2. The highest BCUT2D eigenvalue weighted by Gasteiger charge is 2.10. The van der Waals surface area contributed by atoms with E-state index < -0.39 is 5.82 Å². The zero-order chi connectivity index (χ0) is 13.5.